The molecule has 4 atom stereocenters. The summed E-state index contributed by atoms with van der Waals surface area (Å²) in [6, 6.07) is 0. The Morgan fingerprint density at radius 3 is 1.65 bits per heavy atom. The summed E-state index contributed by atoms with van der Waals surface area (Å²) in [6.45, 7) is 20.8. The van der Waals surface area contributed by atoms with Crippen LogP contribution in [0.4, 0.5) is 4.79 Å². The van der Waals surface area contributed by atoms with Gasteiger partial charge < -0.3 is 24.2 Å². The zero-order valence-electron chi connectivity index (χ0n) is 36.3. The van der Waals surface area contributed by atoms with Gasteiger partial charge in [-0.25, -0.2) is 4.79 Å². The summed E-state index contributed by atoms with van der Waals surface area (Å²) in [5.74, 6) is 0.554. The standard InChI is InChI=1S/C45H89NO6/c1-11-14-17-19-20-23-27-32-41(51-43(49)52-45(8,9)38(4)36-46(10)37-44(6,7)39(5)47)33-28-24-21-22-25-29-34-50-42(48)35-40(30-16-13-3)31-26-18-15-12-2/h38-41,47H,11-37H2,1-10H3. The highest BCUT2D eigenvalue weighted by Crippen LogP contribution is 2.27. The van der Waals surface area contributed by atoms with Crippen molar-refractivity contribution in [3.8, 4) is 0 Å². The van der Waals surface area contributed by atoms with E-state index < -0.39 is 17.9 Å². The van der Waals surface area contributed by atoms with Gasteiger partial charge in [0.15, 0.2) is 0 Å². The fourth-order valence-electron chi connectivity index (χ4n) is 7.01. The fourth-order valence-corrected chi connectivity index (χ4v) is 7.01. The minimum absolute atomic E-state index is 0.0101. The molecule has 7 nitrogen and oxygen atoms in total. The number of esters is 1. The lowest BCUT2D eigenvalue weighted by atomic mass is 9.86. The highest BCUT2D eigenvalue weighted by Gasteiger charge is 2.34. The van der Waals surface area contributed by atoms with Crippen molar-refractivity contribution in [2.45, 2.75) is 234 Å². The van der Waals surface area contributed by atoms with Crippen molar-refractivity contribution >= 4 is 12.1 Å². The van der Waals surface area contributed by atoms with Gasteiger partial charge in [0.05, 0.1) is 12.7 Å². The molecular weight excluding hydrogens is 650 g/mol. The number of aliphatic hydroxyl groups excluding tert-OH is 1. The summed E-state index contributed by atoms with van der Waals surface area (Å²) < 4.78 is 17.6. The second-order valence-corrected chi connectivity index (χ2v) is 17.6. The van der Waals surface area contributed by atoms with E-state index in [1.54, 1.807) is 0 Å². The number of carbonyl (C=O) groups excluding carboxylic acids is 2. The number of ether oxygens (including phenoxy) is 3. The average molecular weight is 740 g/mol. The molecule has 1 N–H and O–H groups in total. The summed E-state index contributed by atoms with van der Waals surface area (Å²) in [5.41, 5.74) is -0.898. The van der Waals surface area contributed by atoms with Gasteiger partial charge in [0.1, 0.15) is 11.7 Å². The smallest absolute Gasteiger partial charge is 0.466 e. The summed E-state index contributed by atoms with van der Waals surface area (Å²) >= 11 is 0. The SMILES string of the molecule is CCCCCCCCCC(CCCCCCCCOC(=O)CC(CCCC)CCCCCC)OC(=O)OC(C)(C)C(C)CN(C)CC(C)(C)C(C)O. The molecule has 0 heterocycles. The molecule has 0 aliphatic rings. The number of aliphatic hydroxyl groups is 1. The number of carbonyl (C=O) groups is 2. The van der Waals surface area contributed by atoms with E-state index in [4.69, 9.17) is 14.2 Å². The van der Waals surface area contributed by atoms with Gasteiger partial charge in [-0.3, -0.25) is 4.79 Å². The van der Waals surface area contributed by atoms with Gasteiger partial charge in [0.2, 0.25) is 0 Å². The van der Waals surface area contributed by atoms with E-state index in [-0.39, 0.29) is 23.4 Å². The fraction of sp³-hybridized carbons (Fsp3) is 0.956. The molecule has 52 heavy (non-hydrogen) atoms. The first kappa shape index (κ1) is 50.7. The van der Waals surface area contributed by atoms with E-state index in [2.05, 4.69) is 53.5 Å². The van der Waals surface area contributed by atoms with Gasteiger partial charge in [-0.15, -0.1) is 0 Å². The maximum atomic E-state index is 13.1. The zero-order valence-corrected chi connectivity index (χ0v) is 36.3. The first-order valence-electron chi connectivity index (χ1n) is 22.1. The quantitative estimate of drug-likeness (QED) is 0.0511. The van der Waals surface area contributed by atoms with Crippen molar-refractivity contribution in [1.29, 1.82) is 0 Å². The molecule has 0 rings (SSSR count). The van der Waals surface area contributed by atoms with Crippen LogP contribution in [0.25, 0.3) is 0 Å². The molecule has 7 heteroatoms. The monoisotopic (exact) mass is 740 g/mol. The van der Waals surface area contributed by atoms with Crippen molar-refractivity contribution in [1.82, 2.24) is 4.90 Å². The molecular formula is C45H89NO6. The third kappa shape index (κ3) is 27.3. The molecule has 0 aromatic carbocycles. The van der Waals surface area contributed by atoms with E-state index in [9.17, 15) is 14.7 Å². The molecule has 0 aromatic rings. The topological polar surface area (TPSA) is 85.3 Å². The number of hydrogen-bond donors (Lipinski definition) is 1. The van der Waals surface area contributed by atoms with Crippen LogP contribution in [0.5, 0.6) is 0 Å². The Morgan fingerprint density at radius 1 is 0.654 bits per heavy atom. The van der Waals surface area contributed by atoms with Crippen LogP contribution in [0.1, 0.15) is 216 Å². The van der Waals surface area contributed by atoms with Gasteiger partial charge >= 0.3 is 12.1 Å². The van der Waals surface area contributed by atoms with Crippen molar-refractivity contribution in [3.63, 3.8) is 0 Å². The first-order chi connectivity index (χ1) is 24.7. The summed E-state index contributed by atoms with van der Waals surface area (Å²) in [6.07, 6.45) is 26.1. The van der Waals surface area contributed by atoms with Crippen LogP contribution in [-0.2, 0) is 19.0 Å². The maximum Gasteiger partial charge on any atom is 0.509 e. The minimum atomic E-state index is -0.677. The normalized spacial score (nSPS) is 14.6. The molecule has 0 fully saturated rings. The van der Waals surface area contributed by atoms with Crippen LogP contribution in [0.2, 0.25) is 0 Å². The second-order valence-electron chi connectivity index (χ2n) is 17.6. The highest BCUT2D eigenvalue weighted by atomic mass is 16.7. The van der Waals surface area contributed by atoms with Crippen molar-refractivity contribution < 1.29 is 28.9 Å². The van der Waals surface area contributed by atoms with Gasteiger partial charge in [-0.2, -0.15) is 0 Å². The first-order valence-corrected chi connectivity index (χ1v) is 22.1. The maximum absolute atomic E-state index is 13.1. The molecule has 0 radical (unpaired) electrons. The predicted molar refractivity (Wildman–Crippen MR) is 220 cm³/mol. The Balaban J connectivity index is 4.67. The third-order valence-electron chi connectivity index (χ3n) is 11.4. The van der Waals surface area contributed by atoms with Crippen molar-refractivity contribution in [2.75, 3.05) is 26.7 Å². The molecule has 0 saturated carbocycles. The molecule has 0 spiro atoms. The van der Waals surface area contributed by atoms with E-state index in [0.29, 0.717) is 18.9 Å². The number of nitrogens with zero attached hydrogens (tertiary/aromatic N) is 1. The Kier molecular flexibility index (Phi) is 30.1. The van der Waals surface area contributed by atoms with E-state index in [1.807, 2.05) is 20.8 Å². The lowest BCUT2D eigenvalue weighted by Crippen LogP contribution is -2.45. The summed E-state index contributed by atoms with van der Waals surface area (Å²) in [4.78, 5) is 27.8. The van der Waals surface area contributed by atoms with Crippen LogP contribution in [0.15, 0.2) is 0 Å². The Hall–Kier alpha value is -1.34. The summed E-state index contributed by atoms with van der Waals surface area (Å²) in [5, 5.41) is 10.1. The van der Waals surface area contributed by atoms with Crippen molar-refractivity contribution in [3.05, 3.63) is 0 Å². The van der Waals surface area contributed by atoms with Gasteiger partial charge in [0.25, 0.3) is 0 Å². The Bertz CT molecular complexity index is 859. The second kappa shape index (κ2) is 30.9. The molecule has 0 amide bonds. The molecule has 0 bridgehead atoms. The van der Waals surface area contributed by atoms with Crippen LogP contribution >= 0.6 is 0 Å². The van der Waals surface area contributed by atoms with Crippen LogP contribution in [0, 0.1) is 17.3 Å². The van der Waals surface area contributed by atoms with E-state index in [0.717, 1.165) is 83.7 Å². The molecule has 0 aliphatic carbocycles. The number of rotatable bonds is 35. The molecule has 0 aliphatic heterocycles. The van der Waals surface area contributed by atoms with E-state index in [1.165, 1.54) is 77.0 Å². The molecule has 4 unspecified atom stereocenters. The van der Waals surface area contributed by atoms with E-state index >= 15 is 0 Å². The third-order valence-corrected chi connectivity index (χ3v) is 11.4. The van der Waals surface area contributed by atoms with Crippen LogP contribution in [0.3, 0.4) is 0 Å². The Labute approximate surface area is 323 Å². The minimum Gasteiger partial charge on any atom is -0.466 e. The van der Waals surface area contributed by atoms with Gasteiger partial charge in [0, 0.05) is 30.8 Å². The largest absolute Gasteiger partial charge is 0.509 e. The summed E-state index contributed by atoms with van der Waals surface area (Å²) in [7, 11) is 2.06. The lowest BCUT2D eigenvalue weighted by Gasteiger charge is -2.37. The number of hydrogen-bond acceptors (Lipinski definition) is 7. The highest BCUT2D eigenvalue weighted by molar-refractivity contribution is 5.69. The van der Waals surface area contributed by atoms with Crippen molar-refractivity contribution in [2.24, 2.45) is 17.3 Å². The number of unbranched alkanes of at least 4 members (excludes halogenated alkanes) is 15. The lowest BCUT2D eigenvalue weighted by molar-refractivity contribution is -0.145. The zero-order chi connectivity index (χ0) is 39.3. The molecule has 0 aromatic heterocycles. The van der Waals surface area contributed by atoms with Crippen LogP contribution < -0.4 is 0 Å². The molecule has 0 saturated heterocycles. The van der Waals surface area contributed by atoms with Gasteiger partial charge in [-0.05, 0) is 78.7 Å². The predicted octanol–water partition coefficient (Wildman–Crippen LogP) is 12.8. The van der Waals surface area contributed by atoms with Gasteiger partial charge in [-0.1, -0.05) is 144 Å². The Morgan fingerprint density at radius 2 is 1.12 bits per heavy atom. The van der Waals surface area contributed by atoms with Crippen LogP contribution in [-0.4, -0.2) is 66.7 Å². The average Bonchev–Trinajstić information content (AvgIpc) is 3.06. The molecule has 310 valence electrons.